The van der Waals surface area contributed by atoms with Gasteiger partial charge in [-0.25, -0.2) is 0 Å². The molecule has 0 aromatic carbocycles. The van der Waals surface area contributed by atoms with Crippen molar-refractivity contribution in [3.8, 4) is 0 Å². The third-order valence-electron chi connectivity index (χ3n) is 4.76. The van der Waals surface area contributed by atoms with E-state index in [9.17, 15) is 22.0 Å². The maximum atomic E-state index is 12.9. The van der Waals surface area contributed by atoms with Crippen molar-refractivity contribution < 1.29 is 31.3 Å². The largest absolute Gasteiger partial charge is 0.458 e. The molecule has 8 heteroatoms. The lowest BCUT2D eigenvalue weighted by molar-refractivity contribution is -0.150. The van der Waals surface area contributed by atoms with Crippen molar-refractivity contribution in [3.63, 3.8) is 0 Å². The van der Waals surface area contributed by atoms with E-state index in [0.29, 0.717) is 12.3 Å². The van der Waals surface area contributed by atoms with Crippen LogP contribution < -0.4 is 0 Å². The minimum absolute atomic E-state index is 0.00562. The molecule has 0 saturated heterocycles. The zero-order chi connectivity index (χ0) is 16.4. The number of fused-ring (bicyclic) bond motifs is 2. The van der Waals surface area contributed by atoms with Crippen LogP contribution in [0, 0.1) is 17.8 Å². The van der Waals surface area contributed by atoms with Crippen molar-refractivity contribution in [2.45, 2.75) is 56.6 Å². The molecule has 2 saturated carbocycles. The fourth-order valence-corrected chi connectivity index (χ4v) is 3.95. The standard InChI is InChI=1S/C14H22F2O5S/c15-14(16,22(18,19)20)9-21-13(17)5-4-12-7-10-2-1-3-11(6-10)8-12/h10-12H,1-9H2,(H,18,19,20). The smallest absolute Gasteiger partial charge is 0.402 e. The Bertz CT molecular complexity index is 493. The lowest BCUT2D eigenvalue weighted by Gasteiger charge is -2.39. The van der Waals surface area contributed by atoms with Gasteiger partial charge in [0.1, 0.15) is 0 Å². The molecule has 22 heavy (non-hydrogen) atoms. The second kappa shape index (κ2) is 6.78. The van der Waals surface area contributed by atoms with E-state index >= 15 is 0 Å². The van der Waals surface area contributed by atoms with Crippen LogP contribution in [-0.4, -0.2) is 30.8 Å². The lowest BCUT2D eigenvalue weighted by atomic mass is 9.67. The van der Waals surface area contributed by atoms with E-state index in [1.165, 1.54) is 25.7 Å². The maximum Gasteiger partial charge on any atom is 0.402 e. The molecule has 2 aliphatic rings. The van der Waals surface area contributed by atoms with Gasteiger partial charge in [-0.2, -0.15) is 17.2 Å². The van der Waals surface area contributed by atoms with Crippen molar-refractivity contribution in [2.75, 3.05) is 6.61 Å². The summed E-state index contributed by atoms with van der Waals surface area (Å²) < 4.78 is 59.3. The summed E-state index contributed by atoms with van der Waals surface area (Å²) in [5, 5.41) is -4.45. The Morgan fingerprint density at radius 2 is 1.77 bits per heavy atom. The molecular formula is C14H22F2O5S. The fraction of sp³-hybridized carbons (Fsp3) is 0.929. The Labute approximate surface area is 129 Å². The normalized spacial score (nSPS) is 29.1. The first-order valence-corrected chi connectivity index (χ1v) is 9.12. The molecular weight excluding hydrogens is 318 g/mol. The van der Waals surface area contributed by atoms with Crippen LogP contribution in [-0.2, 0) is 19.6 Å². The molecule has 0 radical (unpaired) electrons. The molecule has 2 atom stereocenters. The average Bonchev–Trinajstić information content (AvgIpc) is 2.41. The Morgan fingerprint density at radius 1 is 1.18 bits per heavy atom. The summed E-state index contributed by atoms with van der Waals surface area (Å²) in [6, 6.07) is 0. The number of carbonyl (C=O) groups excluding carboxylic acids is 1. The van der Waals surface area contributed by atoms with E-state index in [-0.39, 0.29) is 6.42 Å². The van der Waals surface area contributed by atoms with Gasteiger partial charge in [0.2, 0.25) is 0 Å². The Kier molecular flexibility index (Phi) is 5.42. The van der Waals surface area contributed by atoms with Crippen molar-refractivity contribution in [2.24, 2.45) is 17.8 Å². The number of halogens is 2. The number of esters is 1. The quantitative estimate of drug-likeness (QED) is 0.594. The van der Waals surface area contributed by atoms with Crippen LogP contribution in [0.15, 0.2) is 0 Å². The van der Waals surface area contributed by atoms with Gasteiger partial charge in [0.25, 0.3) is 0 Å². The van der Waals surface area contributed by atoms with Gasteiger partial charge < -0.3 is 4.74 Å². The summed E-state index contributed by atoms with van der Waals surface area (Å²) in [7, 11) is -5.55. The Balaban J connectivity index is 1.72. The summed E-state index contributed by atoms with van der Waals surface area (Å²) in [5.41, 5.74) is 0. The Morgan fingerprint density at radius 3 is 2.32 bits per heavy atom. The molecule has 0 aromatic heterocycles. The minimum atomic E-state index is -5.55. The summed E-state index contributed by atoms with van der Waals surface area (Å²) in [6.45, 7) is -1.64. The maximum absolute atomic E-state index is 12.9. The number of carbonyl (C=O) groups is 1. The monoisotopic (exact) mass is 340 g/mol. The van der Waals surface area contributed by atoms with E-state index in [1.54, 1.807) is 0 Å². The molecule has 0 heterocycles. The molecule has 0 aliphatic heterocycles. The first-order valence-electron chi connectivity index (χ1n) is 7.68. The molecule has 5 nitrogen and oxygen atoms in total. The fourth-order valence-electron chi connectivity index (χ4n) is 3.74. The third-order valence-corrected chi connectivity index (χ3v) is 5.63. The van der Waals surface area contributed by atoms with Gasteiger partial charge in [-0.3, -0.25) is 9.35 Å². The second-order valence-electron chi connectivity index (χ2n) is 6.55. The van der Waals surface area contributed by atoms with Gasteiger partial charge in [-0.05, 0) is 43.4 Å². The summed E-state index contributed by atoms with van der Waals surface area (Å²) in [5.74, 6) is 1.01. The molecule has 1 N–H and O–H groups in total. The van der Waals surface area contributed by atoms with Crippen molar-refractivity contribution in [1.82, 2.24) is 0 Å². The third kappa shape index (κ3) is 4.62. The summed E-state index contributed by atoms with van der Waals surface area (Å²) in [4.78, 5) is 11.5. The van der Waals surface area contributed by atoms with Gasteiger partial charge in [-0.1, -0.05) is 19.3 Å². The highest BCUT2D eigenvalue weighted by Crippen LogP contribution is 2.43. The van der Waals surface area contributed by atoms with Crippen LogP contribution in [0.5, 0.6) is 0 Å². The molecule has 2 bridgehead atoms. The van der Waals surface area contributed by atoms with Crippen LogP contribution in [0.4, 0.5) is 8.78 Å². The van der Waals surface area contributed by atoms with Gasteiger partial charge in [0.05, 0.1) is 0 Å². The number of hydrogen-bond acceptors (Lipinski definition) is 4. The molecule has 2 aliphatic carbocycles. The molecule has 128 valence electrons. The number of hydrogen-bond donors (Lipinski definition) is 1. The highest BCUT2D eigenvalue weighted by molar-refractivity contribution is 7.86. The van der Waals surface area contributed by atoms with E-state index < -0.39 is 27.9 Å². The van der Waals surface area contributed by atoms with E-state index in [1.807, 2.05) is 0 Å². The van der Waals surface area contributed by atoms with Gasteiger partial charge in [0, 0.05) is 6.42 Å². The summed E-state index contributed by atoms with van der Waals surface area (Å²) in [6.07, 6.45) is 7.75. The molecule has 0 aromatic rings. The molecule has 0 spiro atoms. The zero-order valence-electron chi connectivity index (χ0n) is 12.3. The minimum Gasteiger partial charge on any atom is -0.458 e. The predicted octanol–water partition coefficient (Wildman–Crippen LogP) is 3.01. The van der Waals surface area contributed by atoms with Crippen molar-refractivity contribution in [3.05, 3.63) is 0 Å². The molecule has 0 amide bonds. The van der Waals surface area contributed by atoms with Gasteiger partial charge in [-0.15, -0.1) is 0 Å². The molecule has 2 unspecified atom stereocenters. The van der Waals surface area contributed by atoms with E-state index in [2.05, 4.69) is 4.74 Å². The zero-order valence-corrected chi connectivity index (χ0v) is 13.2. The number of alkyl halides is 2. The molecule has 2 rings (SSSR count). The van der Waals surface area contributed by atoms with E-state index in [0.717, 1.165) is 24.7 Å². The van der Waals surface area contributed by atoms with Crippen molar-refractivity contribution >= 4 is 16.1 Å². The van der Waals surface area contributed by atoms with Crippen LogP contribution in [0.2, 0.25) is 0 Å². The van der Waals surface area contributed by atoms with Gasteiger partial charge in [0.15, 0.2) is 6.61 Å². The van der Waals surface area contributed by atoms with Crippen LogP contribution in [0.25, 0.3) is 0 Å². The second-order valence-corrected chi connectivity index (χ2v) is 8.10. The van der Waals surface area contributed by atoms with Crippen molar-refractivity contribution in [1.29, 1.82) is 0 Å². The van der Waals surface area contributed by atoms with Crippen LogP contribution >= 0.6 is 0 Å². The van der Waals surface area contributed by atoms with Crippen LogP contribution in [0.1, 0.15) is 51.4 Å². The average molecular weight is 340 g/mol. The van der Waals surface area contributed by atoms with E-state index in [4.69, 9.17) is 4.55 Å². The highest BCUT2D eigenvalue weighted by Gasteiger charge is 2.45. The summed E-state index contributed by atoms with van der Waals surface area (Å²) >= 11 is 0. The van der Waals surface area contributed by atoms with Crippen LogP contribution in [0.3, 0.4) is 0 Å². The first-order chi connectivity index (χ1) is 10.2. The first kappa shape index (κ1) is 17.6. The number of ether oxygens (including phenoxy) is 1. The molecule has 2 fully saturated rings. The topological polar surface area (TPSA) is 80.7 Å². The highest BCUT2D eigenvalue weighted by atomic mass is 32.2. The lowest BCUT2D eigenvalue weighted by Crippen LogP contribution is -2.34. The SMILES string of the molecule is O=C(CCC1CC2CCCC(C2)C1)OCC(F)(F)S(=O)(=O)O. The predicted molar refractivity (Wildman–Crippen MR) is 74.9 cm³/mol. The Hall–Kier alpha value is -0.760. The van der Waals surface area contributed by atoms with Gasteiger partial charge >= 0.3 is 21.3 Å². The number of rotatable bonds is 6.